The number of rotatable bonds is 4. The van der Waals surface area contributed by atoms with Crippen LogP contribution >= 0.6 is 11.3 Å². The number of nitrogens with one attached hydrogen (secondary N) is 1. The Kier molecular flexibility index (Phi) is 4.82. The van der Waals surface area contributed by atoms with Gasteiger partial charge in [0.2, 0.25) is 0 Å². The minimum Gasteiger partial charge on any atom is -0.504 e. The van der Waals surface area contributed by atoms with Gasteiger partial charge >= 0.3 is 0 Å². The van der Waals surface area contributed by atoms with E-state index in [1.54, 1.807) is 23.5 Å². The first kappa shape index (κ1) is 15.8. The SMILES string of the molecule is COc1cc(C#N)cc([C@@H](c2cccs2)N2CCNCC2)c1O. The largest absolute Gasteiger partial charge is 0.504 e. The van der Waals surface area contributed by atoms with Crippen LogP contribution in [0.1, 0.15) is 22.0 Å². The van der Waals surface area contributed by atoms with E-state index in [9.17, 15) is 10.4 Å². The van der Waals surface area contributed by atoms with E-state index >= 15 is 0 Å². The van der Waals surface area contributed by atoms with Gasteiger partial charge in [0.15, 0.2) is 11.5 Å². The molecule has 2 aromatic rings. The van der Waals surface area contributed by atoms with E-state index in [0.29, 0.717) is 11.3 Å². The van der Waals surface area contributed by atoms with Gasteiger partial charge in [0, 0.05) is 42.7 Å². The lowest BCUT2D eigenvalue weighted by Crippen LogP contribution is -2.45. The third kappa shape index (κ3) is 3.17. The van der Waals surface area contributed by atoms with Gasteiger partial charge in [-0.1, -0.05) is 6.07 Å². The fraction of sp³-hybridized carbons (Fsp3) is 0.353. The Morgan fingerprint density at radius 1 is 1.39 bits per heavy atom. The molecule has 5 nitrogen and oxygen atoms in total. The topological polar surface area (TPSA) is 68.5 Å². The zero-order chi connectivity index (χ0) is 16.2. The summed E-state index contributed by atoms with van der Waals surface area (Å²) in [5.41, 5.74) is 1.22. The van der Waals surface area contributed by atoms with Crippen LogP contribution < -0.4 is 10.1 Å². The molecule has 0 saturated carbocycles. The quantitative estimate of drug-likeness (QED) is 0.901. The van der Waals surface area contributed by atoms with Crippen LogP contribution in [0.15, 0.2) is 29.6 Å². The van der Waals surface area contributed by atoms with Crippen molar-refractivity contribution in [1.82, 2.24) is 10.2 Å². The molecule has 3 rings (SSSR count). The van der Waals surface area contributed by atoms with Gasteiger partial charge < -0.3 is 15.2 Å². The van der Waals surface area contributed by atoms with Crippen molar-refractivity contribution in [2.24, 2.45) is 0 Å². The molecule has 1 aromatic heterocycles. The van der Waals surface area contributed by atoms with Crippen LogP contribution in [0.4, 0.5) is 0 Å². The van der Waals surface area contributed by atoms with E-state index < -0.39 is 0 Å². The van der Waals surface area contributed by atoms with Crippen LogP contribution in [0.3, 0.4) is 0 Å². The Morgan fingerprint density at radius 2 is 2.17 bits per heavy atom. The summed E-state index contributed by atoms with van der Waals surface area (Å²) in [7, 11) is 1.50. The maximum Gasteiger partial charge on any atom is 0.162 e. The van der Waals surface area contributed by atoms with Crippen molar-refractivity contribution in [3.05, 3.63) is 45.6 Å². The van der Waals surface area contributed by atoms with Gasteiger partial charge in [-0.15, -0.1) is 11.3 Å². The van der Waals surface area contributed by atoms with Crippen molar-refractivity contribution in [2.75, 3.05) is 33.3 Å². The van der Waals surface area contributed by atoms with Crippen LogP contribution in [0.5, 0.6) is 11.5 Å². The van der Waals surface area contributed by atoms with Gasteiger partial charge in [0.05, 0.1) is 24.8 Å². The Bertz CT molecular complexity index is 703. The zero-order valence-electron chi connectivity index (χ0n) is 13.0. The van der Waals surface area contributed by atoms with Gasteiger partial charge in [-0.25, -0.2) is 0 Å². The first-order chi connectivity index (χ1) is 11.2. The average Bonchev–Trinajstić information content (AvgIpc) is 3.12. The first-order valence-corrected chi connectivity index (χ1v) is 8.41. The highest BCUT2D eigenvalue weighted by Gasteiger charge is 2.28. The van der Waals surface area contributed by atoms with Crippen molar-refractivity contribution >= 4 is 11.3 Å². The molecule has 1 atom stereocenters. The monoisotopic (exact) mass is 329 g/mol. The molecule has 0 spiro atoms. The summed E-state index contributed by atoms with van der Waals surface area (Å²) in [6.45, 7) is 3.61. The number of benzene rings is 1. The molecule has 0 amide bonds. The maximum atomic E-state index is 10.6. The third-order valence-electron chi connectivity index (χ3n) is 4.08. The number of phenols is 1. The number of thiophene rings is 1. The molecule has 1 aromatic carbocycles. The third-order valence-corrected chi connectivity index (χ3v) is 5.00. The number of phenolic OH excluding ortho intramolecular Hbond substituents is 1. The fourth-order valence-corrected chi connectivity index (χ4v) is 3.85. The van der Waals surface area contributed by atoms with E-state index in [0.717, 1.165) is 36.6 Å². The number of methoxy groups -OCH3 is 1. The van der Waals surface area contributed by atoms with Gasteiger partial charge in [-0.2, -0.15) is 5.26 Å². The number of nitriles is 1. The van der Waals surface area contributed by atoms with Crippen LogP contribution in [-0.2, 0) is 0 Å². The number of hydrogen-bond acceptors (Lipinski definition) is 6. The molecule has 1 aliphatic heterocycles. The average molecular weight is 329 g/mol. The Balaban J connectivity index is 2.11. The molecule has 2 N–H and O–H groups in total. The van der Waals surface area contributed by atoms with Crippen LogP contribution in [0.25, 0.3) is 0 Å². The number of hydrogen-bond donors (Lipinski definition) is 2. The molecule has 1 saturated heterocycles. The molecule has 1 aliphatic rings. The molecule has 0 bridgehead atoms. The maximum absolute atomic E-state index is 10.6. The number of ether oxygens (including phenoxy) is 1. The summed E-state index contributed by atoms with van der Waals surface area (Å²) >= 11 is 1.66. The van der Waals surface area contributed by atoms with Crippen LogP contribution in [-0.4, -0.2) is 43.3 Å². The standard InChI is InChI=1S/C17H19N3O2S/c1-22-14-10-12(11-18)9-13(17(14)21)16(15-3-2-8-23-15)20-6-4-19-5-7-20/h2-3,8-10,16,19,21H,4-7H2,1H3/t16-/m0/s1. The molecular formula is C17H19N3O2S. The summed E-state index contributed by atoms with van der Waals surface area (Å²) in [5, 5.41) is 25.3. The van der Waals surface area contributed by atoms with Crippen LogP contribution in [0, 0.1) is 11.3 Å². The lowest BCUT2D eigenvalue weighted by molar-refractivity contribution is 0.197. The highest BCUT2D eigenvalue weighted by atomic mass is 32.1. The summed E-state index contributed by atoms with van der Waals surface area (Å²) in [6, 6.07) is 9.51. The van der Waals surface area contributed by atoms with E-state index in [1.165, 1.54) is 7.11 Å². The van der Waals surface area contributed by atoms with Crippen molar-refractivity contribution in [2.45, 2.75) is 6.04 Å². The summed E-state index contributed by atoms with van der Waals surface area (Å²) in [6.07, 6.45) is 0. The molecule has 2 heterocycles. The highest BCUT2D eigenvalue weighted by molar-refractivity contribution is 7.10. The summed E-state index contributed by atoms with van der Waals surface area (Å²) < 4.78 is 5.25. The second-order valence-electron chi connectivity index (χ2n) is 5.43. The van der Waals surface area contributed by atoms with E-state index in [2.05, 4.69) is 22.4 Å². The summed E-state index contributed by atoms with van der Waals surface area (Å²) in [5.74, 6) is 0.458. The zero-order valence-corrected chi connectivity index (χ0v) is 13.8. The molecule has 23 heavy (non-hydrogen) atoms. The normalized spacial score (nSPS) is 16.7. The number of aromatic hydroxyl groups is 1. The van der Waals surface area contributed by atoms with Crippen molar-refractivity contribution in [3.63, 3.8) is 0 Å². The molecule has 6 heteroatoms. The van der Waals surface area contributed by atoms with Gasteiger partial charge in [-0.3, -0.25) is 4.90 Å². The number of piperazine rings is 1. The summed E-state index contributed by atoms with van der Waals surface area (Å²) in [4.78, 5) is 3.48. The molecular weight excluding hydrogens is 310 g/mol. The smallest absolute Gasteiger partial charge is 0.162 e. The Labute approximate surface area is 139 Å². The predicted molar refractivity (Wildman–Crippen MR) is 90.0 cm³/mol. The fourth-order valence-electron chi connectivity index (χ4n) is 2.98. The molecule has 0 aliphatic carbocycles. The van der Waals surface area contributed by atoms with Gasteiger partial charge in [0.1, 0.15) is 0 Å². The van der Waals surface area contributed by atoms with E-state index in [1.807, 2.05) is 11.4 Å². The highest BCUT2D eigenvalue weighted by Crippen LogP contribution is 2.41. The van der Waals surface area contributed by atoms with Crippen molar-refractivity contribution in [3.8, 4) is 17.6 Å². The molecule has 120 valence electrons. The lowest BCUT2D eigenvalue weighted by atomic mass is 9.98. The molecule has 1 fully saturated rings. The van der Waals surface area contributed by atoms with E-state index in [-0.39, 0.29) is 11.8 Å². The van der Waals surface area contributed by atoms with Crippen LogP contribution in [0.2, 0.25) is 0 Å². The predicted octanol–water partition coefficient (Wildman–Crippen LogP) is 2.33. The Morgan fingerprint density at radius 3 is 2.78 bits per heavy atom. The second kappa shape index (κ2) is 7.01. The lowest BCUT2D eigenvalue weighted by Gasteiger charge is -2.35. The first-order valence-electron chi connectivity index (χ1n) is 7.53. The second-order valence-corrected chi connectivity index (χ2v) is 6.41. The minimum absolute atomic E-state index is 0.0701. The Hall–Kier alpha value is -2.07. The molecule has 0 unspecified atom stereocenters. The number of nitrogens with zero attached hydrogens (tertiary/aromatic N) is 2. The minimum atomic E-state index is -0.0701. The van der Waals surface area contributed by atoms with Crippen molar-refractivity contribution in [1.29, 1.82) is 5.26 Å². The molecule has 0 radical (unpaired) electrons. The van der Waals surface area contributed by atoms with E-state index in [4.69, 9.17) is 4.74 Å². The van der Waals surface area contributed by atoms with Gasteiger partial charge in [-0.05, 0) is 17.5 Å². The van der Waals surface area contributed by atoms with Crippen molar-refractivity contribution < 1.29 is 9.84 Å². The van der Waals surface area contributed by atoms with Gasteiger partial charge in [0.25, 0.3) is 0 Å².